The molecule has 0 saturated heterocycles. The van der Waals surface area contributed by atoms with E-state index < -0.39 is 5.97 Å². The van der Waals surface area contributed by atoms with Gasteiger partial charge in [-0.3, -0.25) is 4.79 Å². The number of furan rings is 1. The van der Waals surface area contributed by atoms with Crippen LogP contribution in [0.15, 0.2) is 65.1 Å². The highest BCUT2D eigenvalue weighted by atomic mass is 16.5. The number of allylic oxidation sites excluding steroid dienone is 1. The summed E-state index contributed by atoms with van der Waals surface area (Å²) in [5.74, 6) is 1.00. The minimum Gasteiger partial charge on any atom is -0.493 e. The molecule has 2 aromatic carbocycles. The van der Waals surface area contributed by atoms with Crippen molar-refractivity contribution in [1.82, 2.24) is 0 Å². The van der Waals surface area contributed by atoms with Gasteiger partial charge >= 0.3 is 5.97 Å². The molecular formula is C24H22O6. The number of esters is 1. The Balaban J connectivity index is 1.68. The zero-order valence-electron chi connectivity index (χ0n) is 17.0. The molecule has 6 heteroatoms. The van der Waals surface area contributed by atoms with Crippen molar-refractivity contribution in [3.63, 3.8) is 0 Å². The Morgan fingerprint density at radius 3 is 2.53 bits per heavy atom. The van der Waals surface area contributed by atoms with Crippen molar-refractivity contribution in [1.29, 1.82) is 0 Å². The molecule has 0 unspecified atom stereocenters. The predicted molar refractivity (Wildman–Crippen MR) is 112 cm³/mol. The first-order valence-electron chi connectivity index (χ1n) is 9.27. The zero-order valence-corrected chi connectivity index (χ0v) is 17.0. The van der Waals surface area contributed by atoms with Crippen molar-refractivity contribution in [2.24, 2.45) is 0 Å². The molecule has 0 aliphatic carbocycles. The lowest BCUT2D eigenvalue weighted by molar-refractivity contribution is 0.0560. The number of hydrogen-bond donors (Lipinski definition) is 0. The van der Waals surface area contributed by atoms with Crippen molar-refractivity contribution < 1.29 is 28.2 Å². The molecule has 0 bridgehead atoms. The summed E-state index contributed by atoms with van der Waals surface area (Å²) in [6.45, 7) is 2.03. The average molecular weight is 406 g/mol. The van der Waals surface area contributed by atoms with Gasteiger partial charge in [0.15, 0.2) is 17.3 Å². The molecule has 0 aliphatic rings. The Hall–Kier alpha value is -3.80. The topological polar surface area (TPSA) is 75.0 Å². The average Bonchev–Trinajstić information content (AvgIpc) is 3.25. The highest BCUT2D eigenvalue weighted by Crippen LogP contribution is 2.29. The fraction of sp³-hybridized carbons (Fsp3) is 0.167. The summed E-state index contributed by atoms with van der Waals surface area (Å²) in [7, 11) is 2.83. The van der Waals surface area contributed by atoms with Gasteiger partial charge in [-0.1, -0.05) is 36.4 Å². The van der Waals surface area contributed by atoms with Gasteiger partial charge in [-0.2, -0.15) is 0 Å². The van der Waals surface area contributed by atoms with E-state index in [2.05, 4.69) is 4.74 Å². The summed E-state index contributed by atoms with van der Waals surface area (Å²) in [5, 5.41) is 0. The summed E-state index contributed by atoms with van der Waals surface area (Å²) < 4.78 is 21.1. The van der Waals surface area contributed by atoms with Crippen molar-refractivity contribution in [2.75, 3.05) is 14.2 Å². The molecule has 0 amide bonds. The third kappa shape index (κ3) is 4.97. The number of ether oxygens (including phenoxy) is 3. The van der Waals surface area contributed by atoms with E-state index in [1.807, 2.05) is 31.2 Å². The molecule has 0 N–H and O–H groups in total. The van der Waals surface area contributed by atoms with Crippen LogP contribution in [0.1, 0.15) is 37.8 Å². The third-order valence-electron chi connectivity index (χ3n) is 4.44. The molecule has 154 valence electrons. The van der Waals surface area contributed by atoms with Crippen molar-refractivity contribution in [2.45, 2.75) is 13.5 Å². The van der Waals surface area contributed by atoms with Crippen molar-refractivity contribution in [3.8, 4) is 11.5 Å². The smallest absolute Gasteiger partial charge is 0.373 e. The highest BCUT2D eigenvalue weighted by molar-refractivity contribution is 6.07. The third-order valence-corrected chi connectivity index (χ3v) is 4.44. The van der Waals surface area contributed by atoms with E-state index in [-0.39, 0.29) is 18.2 Å². The molecule has 0 spiro atoms. The normalized spacial score (nSPS) is 10.8. The first-order chi connectivity index (χ1) is 14.5. The highest BCUT2D eigenvalue weighted by Gasteiger charge is 2.12. The van der Waals surface area contributed by atoms with Gasteiger partial charge in [0, 0.05) is 5.56 Å². The number of benzene rings is 2. The van der Waals surface area contributed by atoms with E-state index in [0.717, 1.165) is 11.1 Å². The molecule has 30 heavy (non-hydrogen) atoms. The standard InChI is InChI=1S/C24H22O6/c1-16-6-4-5-7-19(16)20(25)11-8-17-9-12-21(23(14-17)27-2)29-15-18-10-13-22(30-18)24(26)28-3/h4-14H,15H2,1-3H3/b11-8+. The van der Waals surface area contributed by atoms with Crippen molar-refractivity contribution >= 4 is 17.8 Å². The molecular weight excluding hydrogens is 384 g/mol. The van der Waals surface area contributed by atoms with Gasteiger partial charge in [0.25, 0.3) is 0 Å². The van der Waals surface area contributed by atoms with Crippen LogP contribution < -0.4 is 9.47 Å². The summed E-state index contributed by atoms with van der Waals surface area (Å²) in [4.78, 5) is 23.9. The predicted octanol–water partition coefficient (Wildman–Crippen LogP) is 4.86. The summed E-state index contributed by atoms with van der Waals surface area (Å²) in [6.07, 6.45) is 3.27. The Labute approximate surface area is 174 Å². The van der Waals surface area contributed by atoms with E-state index in [1.165, 1.54) is 26.4 Å². The molecule has 6 nitrogen and oxygen atoms in total. The quantitative estimate of drug-likeness (QED) is 0.302. The van der Waals surface area contributed by atoms with E-state index in [9.17, 15) is 9.59 Å². The molecule has 0 aliphatic heterocycles. The zero-order chi connectivity index (χ0) is 21.5. The molecule has 0 saturated carbocycles. The Morgan fingerprint density at radius 1 is 1.00 bits per heavy atom. The number of methoxy groups -OCH3 is 2. The van der Waals surface area contributed by atoms with Gasteiger partial charge in [0.1, 0.15) is 12.4 Å². The van der Waals surface area contributed by atoms with Crippen LogP contribution in [0.2, 0.25) is 0 Å². The number of hydrogen-bond acceptors (Lipinski definition) is 6. The Bertz CT molecular complexity index is 1080. The van der Waals surface area contributed by atoms with Gasteiger partial charge in [0.2, 0.25) is 5.76 Å². The Kier molecular flexibility index (Phi) is 6.70. The van der Waals surface area contributed by atoms with Crippen LogP contribution in [-0.2, 0) is 11.3 Å². The van der Waals surface area contributed by atoms with Crippen LogP contribution >= 0.6 is 0 Å². The molecule has 0 fully saturated rings. The summed E-state index contributed by atoms with van der Waals surface area (Å²) in [5.41, 5.74) is 2.40. The maximum absolute atomic E-state index is 12.4. The second-order valence-corrected chi connectivity index (χ2v) is 6.47. The lowest BCUT2D eigenvalue weighted by Crippen LogP contribution is -1.99. The lowest BCUT2D eigenvalue weighted by Gasteiger charge is -2.10. The molecule has 0 radical (unpaired) electrons. The van der Waals surface area contributed by atoms with Gasteiger partial charge < -0.3 is 18.6 Å². The fourth-order valence-corrected chi connectivity index (χ4v) is 2.83. The number of ketones is 1. The van der Waals surface area contributed by atoms with Crippen LogP contribution in [0.4, 0.5) is 0 Å². The molecule has 1 aromatic heterocycles. The van der Waals surface area contributed by atoms with Crippen LogP contribution in [-0.4, -0.2) is 26.0 Å². The second-order valence-electron chi connectivity index (χ2n) is 6.47. The maximum atomic E-state index is 12.4. The lowest BCUT2D eigenvalue weighted by atomic mass is 10.0. The van der Waals surface area contributed by atoms with Crippen LogP contribution in [0.25, 0.3) is 6.08 Å². The van der Waals surface area contributed by atoms with Crippen LogP contribution in [0, 0.1) is 6.92 Å². The van der Waals surface area contributed by atoms with E-state index in [4.69, 9.17) is 13.9 Å². The number of aryl methyl sites for hydroxylation is 1. The van der Waals surface area contributed by atoms with Crippen molar-refractivity contribution in [3.05, 3.63) is 88.9 Å². The minimum absolute atomic E-state index is 0.0633. The summed E-state index contributed by atoms with van der Waals surface area (Å²) in [6, 6.07) is 16.0. The minimum atomic E-state index is -0.546. The van der Waals surface area contributed by atoms with Gasteiger partial charge in [-0.05, 0) is 48.4 Å². The molecule has 3 aromatic rings. The van der Waals surface area contributed by atoms with Gasteiger partial charge in [-0.25, -0.2) is 4.79 Å². The maximum Gasteiger partial charge on any atom is 0.373 e. The number of carbonyl (C=O) groups excluding carboxylic acids is 2. The van der Waals surface area contributed by atoms with Gasteiger partial charge in [-0.15, -0.1) is 0 Å². The molecule has 0 atom stereocenters. The van der Waals surface area contributed by atoms with Crippen LogP contribution in [0.3, 0.4) is 0 Å². The SMILES string of the molecule is COC(=O)c1ccc(COc2ccc(/C=C/C(=O)c3ccccc3C)cc2OC)o1. The van der Waals surface area contributed by atoms with Gasteiger partial charge in [0.05, 0.1) is 14.2 Å². The fourth-order valence-electron chi connectivity index (χ4n) is 2.83. The second kappa shape index (κ2) is 9.60. The first-order valence-corrected chi connectivity index (χ1v) is 9.27. The number of carbonyl (C=O) groups is 2. The monoisotopic (exact) mass is 406 g/mol. The van der Waals surface area contributed by atoms with E-state index in [1.54, 1.807) is 30.3 Å². The molecule has 1 heterocycles. The largest absolute Gasteiger partial charge is 0.493 e. The first kappa shape index (κ1) is 20.9. The molecule has 3 rings (SSSR count). The van der Waals surface area contributed by atoms with E-state index >= 15 is 0 Å². The number of rotatable bonds is 8. The van der Waals surface area contributed by atoms with E-state index in [0.29, 0.717) is 22.8 Å². The summed E-state index contributed by atoms with van der Waals surface area (Å²) >= 11 is 0. The Morgan fingerprint density at radius 2 is 1.80 bits per heavy atom. The van der Waals surface area contributed by atoms with Crippen LogP contribution in [0.5, 0.6) is 11.5 Å².